The lowest BCUT2D eigenvalue weighted by atomic mass is 10.0. The molecule has 2 amide bonds. The number of nitrogens with one attached hydrogen (secondary N) is 2. The second-order valence-electron chi connectivity index (χ2n) is 9.71. The summed E-state index contributed by atoms with van der Waals surface area (Å²) < 4.78 is 11.5. The lowest BCUT2D eigenvalue weighted by Gasteiger charge is -2.31. The largest absolute Gasteiger partial charge is 0.489 e. The lowest BCUT2D eigenvalue weighted by molar-refractivity contribution is -0.133. The van der Waals surface area contributed by atoms with Crippen LogP contribution in [0.2, 0.25) is 0 Å². The molecule has 9 nitrogen and oxygen atoms in total. The molecule has 2 fully saturated rings. The average Bonchev–Trinajstić information content (AvgIpc) is 3.35. The fraction of sp³-hybridized carbons (Fsp3) is 0.393. The maximum absolute atomic E-state index is 13.0. The van der Waals surface area contributed by atoms with Gasteiger partial charge in [-0.15, -0.1) is 0 Å². The number of hydroxylamine groups is 1. The van der Waals surface area contributed by atoms with Crippen molar-refractivity contribution in [1.82, 2.24) is 20.7 Å². The first-order valence-corrected chi connectivity index (χ1v) is 12.7. The van der Waals surface area contributed by atoms with Crippen molar-refractivity contribution in [3.8, 4) is 5.75 Å². The van der Waals surface area contributed by atoms with Crippen LogP contribution in [0, 0.1) is 12.8 Å². The number of para-hydroxylation sites is 1. The van der Waals surface area contributed by atoms with E-state index in [1.807, 2.05) is 37.3 Å². The highest BCUT2D eigenvalue weighted by atomic mass is 16.5. The van der Waals surface area contributed by atoms with Crippen LogP contribution >= 0.6 is 0 Å². The summed E-state index contributed by atoms with van der Waals surface area (Å²) in [5.41, 5.74) is 5.15. The Morgan fingerprint density at radius 3 is 2.62 bits per heavy atom. The summed E-state index contributed by atoms with van der Waals surface area (Å²) >= 11 is 0. The van der Waals surface area contributed by atoms with E-state index in [0.29, 0.717) is 50.3 Å². The van der Waals surface area contributed by atoms with E-state index in [1.54, 1.807) is 29.7 Å². The van der Waals surface area contributed by atoms with Gasteiger partial charge in [-0.2, -0.15) is 0 Å². The zero-order chi connectivity index (χ0) is 25.8. The van der Waals surface area contributed by atoms with E-state index in [0.717, 1.165) is 35.0 Å². The number of fused-ring (bicyclic) bond motifs is 1. The molecule has 9 heteroatoms. The third-order valence-electron chi connectivity index (χ3n) is 7.26. The second kappa shape index (κ2) is 11.2. The van der Waals surface area contributed by atoms with E-state index in [9.17, 15) is 14.8 Å². The molecule has 0 unspecified atom stereocenters. The SMILES string of the molecule is Cc1cc(COc2ccc(C(=O)N[C@@H]3CN(C4CCOCC4)C[C@@H]3C(=O)NO)cc2)c2ccccc2n1. The van der Waals surface area contributed by atoms with E-state index < -0.39 is 17.9 Å². The van der Waals surface area contributed by atoms with Crippen LogP contribution in [0.3, 0.4) is 0 Å². The first-order valence-electron chi connectivity index (χ1n) is 12.7. The Morgan fingerprint density at radius 1 is 1.11 bits per heavy atom. The van der Waals surface area contributed by atoms with E-state index in [2.05, 4.69) is 15.2 Å². The standard InChI is InChI=1S/C28H32N4O5/c1-18-14-20(23-4-2-3-5-25(23)29-18)17-37-22-8-6-19(7-9-22)27(33)30-26-16-32(15-24(26)28(34)31-35)21-10-12-36-13-11-21/h2-9,14,21,24,26,35H,10-13,15-17H2,1H3,(H,30,33)(H,31,34)/t24-,26+/m0/s1. The normalized spacial score (nSPS) is 20.6. The number of carbonyl (C=O) groups excluding carboxylic acids is 2. The van der Waals surface area contributed by atoms with Crippen LogP contribution < -0.4 is 15.5 Å². The van der Waals surface area contributed by atoms with E-state index in [-0.39, 0.29) is 5.91 Å². The maximum atomic E-state index is 13.0. The predicted molar refractivity (Wildman–Crippen MR) is 137 cm³/mol. The summed E-state index contributed by atoms with van der Waals surface area (Å²) in [6, 6.07) is 16.9. The number of carbonyl (C=O) groups is 2. The molecule has 3 N–H and O–H groups in total. The van der Waals surface area contributed by atoms with Crippen molar-refractivity contribution in [3.63, 3.8) is 0 Å². The molecule has 2 aromatic carbocycles. The van der Waals surface area contributed by atoms with Gasteiger partial charge in [0.05, 0.1) is 17.5 Å². The summed E-state index contributed by atoms with van der Waals surface area (Å²) in [6.45, 7) is 4.77. The number of hydrogen-bond acceptors (Lipinski definition) is 7. The van der Waals surface area contributed by atoms with Gasteiger partial charge in [0.1, 0.15) is 12.4 Å². The third kappa shape index (κ3) is 5.74. The van der Waals surface area contributed by atoms with E-state index >= 15 is 0 Å². The number of rotatable bonds is 7. The van der Waals surface area contributed by atoms with E-state index in [1.165, 1.54) is 0 Å². The van der Waals surface area contributed by atoms with Crippen molar-refractivity contribution in [1.29, 1.82) is 0 Å². The molecule has 2 saturated heterocycles. The van der Waals surface area contributed by atoms with Crippen LogP contribution in [0.1, 0.15) is 34.5 Å². The van der Waals surface area contributed by atoms with Crippen molar-refractivity contribution in [3.05, 3.63) is 71.4 Å². The minimum Gasteiger partial charge on any atom is -0.489 e. The Kier molecular flexibility index (Phi) is 7.64. The molecule has 0 spiro atoms. The van der Waals surface area contributed by atoms with Crippen molar-refractivity contribution < 1.29 is 24.3 Å². The summed E-state index contributed by atoms with van der Waals surface area (Å²) in [4.78, 5) is 32.1. The number of hydrogen-bond donors (Lipinski definition) is 3. The summed E-state index contributed by atoms with van der Waals surface area (Å²) in [5, 5.41) is 13.3. The van der Waals surface area contributed by atoms with Gasteiger partial charge < -0.3 is 14.8 Å². The van der Waals surface area contributed by atoms with Crippen LogP contribution in [0.15, 0.2) is 54.6 Å². The zero-order valence-corrected chi connectivity index (χ0v) is 20.9. The molecule has 3 aromatic rings. The molecule has 0 saturated carbocycles. The monoisotopic (exact) mass is 504 g/mol. The topological polar surface area (TPSA) is 113 Å². The number of aryl methyl sites for hydroxylation is 1. The molecule has 3 heterocycles. The van der Waals surface area contributed by atoms with Gasteiger partial charge in [-0.3, -0.25) is 24.7 Å². The van der Waals surface area contributed by atoms with Gasteiger partial charge in [0, 0.05) is 54.6 Å². The fourth-order valence-electron chi connectivity index (χ4n) is 5.31. The van der Waals surface area contributed by atoms with Crippen molar-refractivity contribution in [2.75, 3.05) is 26.3 Å². The molecule has 194 valence electrons. The number of ether oxygens (including phenoxy) is 2. The summed E-state index contributed by atoms with van der Waals surface area (Å²) in [7, 11) is 0. The Bertz CT molecular complexity index is 1260. The van der Waals surface area contributed by atoms with Crippen molar-refractivity contribution >= 4 is 22.7 Å². The van der Waals surface area contributed by atoms with Gasteiger partial charge in [0.25, 0.3) is 5.91 Å². The molecule has 2 atom stereocenters. The Labute approximate surface area is 215 Å². The number of likely N-dealkylation sites (tertiary alicyclic amines) is 1. The molecular weight excluding hydrogens is 472 g/mol. The van der Waals surface area contributed by atoms with Crippen molar-refractivity contribution in [2.45, 2.75) is 38.5 Å². The van der Waals surface area contributed by atoms with Gasteiger partial charge in [-0.25, -0.2) is 5.48 Å². The van der Waals surface area contributed by atoms with Crippen LogP contribution in [0.25, 0.3) is 10.9 Å². The van der Waals surface area contributed by atoms with Gasteiger partial charge in [0.15, 0.2) is 0 Å². The first-order chi connectivity index (χ1) is 18.0. The predicted octanol–water partition coefficient (Wildman–Crippen LogP) is 2.84. The molecule has 0 bridgehead atoms. The quantitative estimate of drug-likeness (QED) is 0.335. The highest BCUT2D eigenvalue weighted by Gasteiger charge is 2.41. The van der Waals surface area contributed by atoms with Crippen molar-refractivity contribution in [2.24, 2.45) is 5.92 Å². The highest BCUT2D eigenvalue weighted by molar-refractivity contribution is 5.95. The fourth-order valence-corrected chi connectivity index (χ4v) is 5.31. The zero-order valence-electron chi connectivity index (χ0n) is 20.9. The van der Waals surface area contributed by atoms with Gasteiger partial charge in [0.2, 0.25) is 5.91 Å². The number of nitrogens with zero attached hydrogens (tertiary/aromatic N) is 2. The highest BCUT2D eigenvalue weighted by Crippen LogP contribution is 2.25. The lowest BCUT2D eigenvalue weighted by Crippen LogP contribution is -2.45. The minimum atomic E-state index is -0.530. The second-order valence-corrected chi connectivity index (χ2v) is 9.71. The van der Waals surface area contributed by atoms with Crippen LogP contribution in [0.4, 0.5) is 0 Å². The third-order valence-corrected chi connectivity index (χ3v) is 7.26. The first kappa shape index (κ1) is 25.1. The van der Waals surface area contributed by atoms with Crippen LogP contribution in [-0.4, -0.2) is 65.3 Å². The number of amides is 2. The Morgan fingerprint density at radius 2 is 1.86 bits per heavy atom. The van der Waals surface area contributed by atoms with Crippen LogP contribution in [0.5, 0.6) is 5.75 Å². The van der Waals surface area contributed by atoms with Gasteiger partial charge in [-0.05, 0) is 56.2 Å². The molecular formula is C28H32N4O5. The Hall–Kier alpha value is -3.53. The average molecular weight is 505 g/mol. The van der Waals surface area contributed by atoms with Gasteiger partial charge >= 0.3 is 0 Å². The smallest absolute Gasteiger partial charge is 0.251 e. The minimum absolute atomic E-state index is 0.267. The number of pyridine rings is 1. The number of aromatic nitrogens is 1. The molecule has 2 aliphatic heterocycles. The van der Waals surface area contributed by atoms with Gasteiger partial charge in [-0.1, -0.05) is 18.2 Å². The molecule has 1 aromatic heterocycles. The summed E-state index contributed by atoms with van der Waals surface area (Å²) in [6.07, 6.45) is 1.79. The van der Waals surface area contributed by atoms with Crippen LogP contribution in [-0.2, 0) is 16.1 Å². The van der Waals surface area contributed by atoms with E-state index in [4.69, 9.17) is 9.47 Å². The summed E-state index contributed by atoms with van der Waals surface area (Å²) in [5.74, 6) is -0.628. The Balaban J connectivity index is 1.22. The molecule has 5 rings (SSSR count). The molecule has 2 aliphatic rings. The maximum Gasteiger partial charge on any atom is 0.251 e. The molecule has 0 aliphatic carbocycles. The molecule has 37 heavy (non-hydrogen) atoms. The number of benzene rings is 2. The molecule has 0 radical (unpaired) electrons.